The van der Waals surface area contributed by atoms with E-state index in [1.165, 1.54) is 6.07 Å². The van der Waals surface area contributed by atoms with Crippen molar-refractivity contribution in [1.82, 2.24) is 0 Å². The highest BCUT2D eigenvalue weighted by Crippen LogP contribution is 2.35. The first-order valence-electron chi connectivity index (χ1n) is 6.16. The van der Waals surface area contributed by atoms with Crippen molar-refractivity contribution in [2.75, 3.05) is 5.32 Å². The second-order valence-corrected chi connectivity index (χ2v) is 5.84. The van der Waals surface area contributed by atoms with Crippen LogP contribution in [0.15, 0.2) is 46.9 Å². The van der Waals surface area contributed by atoms with Gasteiger partial charge < -0.3 is 5.32 Å². The summed E-state index contributed by atoms with van der Waals surface area (Å²) in [7, 11) is 0. The molecule has 0 amide bonds. The van der Waals surface area contributed by atoms with Crippen molar-refractivity contribution in [2.24, 2.45) is 0 Å². The molecule has 0 fully saturated rings. The monoisotopic (exact) mass is 377 g/mol. The molecule has 1 N–H and O–H groups in total. The minimum atomic E-state index is -4.35. The Kier molecular flexibility index (Phi) is 4.84. The predicted molar refractivity (Wildman–Crippen MR) is 82.6 cm³/mol. The summed E-state index contributed by atoms with van der Waals surface area (Å²) in [5.41, 5.74) is 0.770. The number of nitrogens with one attached hydrogen (secondary N) is 1. The van der Waals surface area contributed by atoms with Crippen molar-refractivity contribution in [2.45, 2.75) is 19.1 Å². The lowest BCUT2D eigenvalue weighted by atomic mass is 10.1. The van der Waals surface area contributed by atoms with E-state index in [1.807, 2.05) is 25.1 Å². The summed E-state index contributed by atoms with van der Waals surface area (Å²) in [6.07, 6.45) is -4.35. The van der Waals surface area contributed by atoms with E-state index in [9.17, 15) is 13.2 Å². The maximum Gasteiger partial charge on any atom is 0.416 e. The number of hydrogen-bond acceptors (Lipinski definition) is 1. The Labute approximate surface area is 134 Å². The van der Waals surface area contributed by atoms with Crippen molar-refractivity contribution >= 4 is 33.2 Å². The first-order valence-corrected chi connectivity index (χ1v) is 7.34. The first kappa shape index (κ1) is 16.2. The summed E-state index contributed by atoms with van der Waals surface area (Å²) in [6, 6.07) is 10.7. The van der Waals surface area contributed by atoms with Crippen molar-refractivity contribution in [3.63, 3.8) is 0 Å². The van der Waals surface area contributed by atoms with Gasteiger partial charge in [0.05, 0.1) is 11.6 Å². The Morgan fingerprint density at radius 1 is 1.14 bits per heavy atom. The number of benzene rings is 2. The fraction of sp³-hybridized carbons (Fsp3) is 0.200. The van der Waals surface area contributed by atoms with Gasteiger partial charge in [0.15, 0.2) is 0 Å². The van der Waals surface area contributed by atoms with E-state index in [4.69, 9.17) is 11.6 Å². The Bertz CT molecular complexity index is 643. The zero-order valence-electron chi connectivity index (χ0n) is 11.0. The number of anilines is 1. The largest absolute Gasteiger partial charge is 0.416 e. The van der Waals surface area contributed by atoms with Gasteiger partial charge in [0, 0.05) is 15.2 Å². The van der Waals surface area contributed by atoms with E-state index in [-0.39, 0.29) is 6.04 Å². The minimum Gasteiger partial charge on any atom is -0.378 e. The number of alkyl halides is 3. The maximum absolute atomic E-state index is 12.6. The van der Waals surface area contributed by atoms with Gasteiger partial charge in [-0.1, -0.05) is 29.8 Å². The van der Waals surface area contributed by atoms with Gasteiger partial charge in [0.2, 0.25) is 0 Å². The van der Waals surface area contributed by atoms with Crippen LogP contribution in [0.4, 0.5) is 18.9 Å². The number of hydrogen-bond donors (Lipinski definition) is 1. The van der Waals surface area contributed by atoms with Crippen LogP contribution in [0.2, 0.25) is 5.02 Å². The lowest BCUT2D eigenvalue weighted by Gasteiger charge is -2.19. The molecule has 0 saturated carbocycles. The molecule has 0 heterocycles. The molecule has 112 valence electrons. The smallest absolute Gasteiger partial charge is 0.378 e. The Morgan fingerprint density at radius 2 is 1.81 bits per heavy atom. The molecule has 0 saturated heterocycles. The molecule has 6 heteroatoms. The molecule has 2 aromatic rings. The van der Waals surface area contributed by atoms with Crippen molar-refractivity contribution in [3.05, 3.63) is 63.1 Å². The summed E-state index contributed by atoms with van der Waals surface area (Å²) in [5, 5.41) is 3.76. The molecular weight excluding hydrogens is 367 g/mol. The van der Waals surface area contributed by atoms with E-state index >= 15 is 0 Å². The normalized spacial score (nSPS) is 13.0. The Balaban J connectivity index is 2.23. The zero-order valence-corrected chi connectivity index (χ0v) is 13.4. The van der Waals surface area contributed by atoms with E-state index in [0.29, 0.717) is 15.2 Å². The summed E-state index contributed by atoms with van der Waals surface area (Å²) < 4.78 is 38.2. The number of halogens is 5. The second kappa shape index (κ2) is 6.28. The highest BCUT2D eigenvalue weighted by molar-refractivity contribution is 9.10. The molecule has 0 aromatic heterocycles. The molecule has 0 radical (unpaired) electrons. The van der Waals surface area contributed by atoms with Gasteiger partial charge in [0.25, 0.3) is 0 Å². The van der Waals surface area contributed by atoms with Crippen molar-refractivity contribution in [1.29, 1.82) is 0 Å². The van der Waals surface area contributed by atoms with Crippen LogP contribution in [0.5, 0.6) is 0 Å². The summed E-state index contributed by atoms with van der Waals surface area (Å²) >= 11 is 9.27. The van der Waals surface area contributed by atoms with Crippen LogP contribution in [-0.4, -0.2) is 0 Å². The average molecular weight is 379 g/mol. The molecule has 1 unspecified atom stereocenters. The van der Waals surface area contributed by atoms with E-state index in [2.05, 4.69) is 21.2 Å². The third-order valence-electron chi connectivity index (χ3n) is 3.04. The lowest BCUT2D eigenvalue weighted by molar-refractivity contribution is -0.137. The molecule has 21 heavy (non-hydrogen) atoms. The second-order valence-electron chi connectivity index (χ2n) is 4.58. The van der Waals surface area contributed by atoms with Gasteiger partial charge in [-0.15, -0.1) is 0 Å². The summed E-state index contributed by atoms with van der Waals surface area (Å²) in [5.74, 6) is 0. The zero-order chi connectivity index (χ0) is 15.6. The molecule has 0 aliphatic carbocycles. The molecule has 0 aliphatic heterocycles. The van der Waals surface area contributed by atoms with Gasteiger partial charge in [0.1, 0.15) is 0 Å². The highest BCUT2D eigenvalue weighted by atomic mass is 79.9. The van der Waals surface area contributed by atoms with Crippen LogP contribution in [0.3, 0.4) is 0 Å². The topological polar surface area (TPSA) is 12.0 Å². The van der Waals surface area contributed by atoms with Gasteiger partial charge in [-0.3, -0.25) is 0 Å². The molecule has 1 atom stereocenters. The molecule has 1 nitrogen and oxygen atoms in total. The third kappa shape index (κ3) is 3.92. The van der Waals surface area contributed by atoms with Crippen molar-refractivity contribution < 1.29 is 13.2 Å². The molecule has 0 bridgehead atoms. The Morgan fingerprint density at radius 3 is 2.38 bits per heavy atom. The van der Waals surface area contributed by atoms with Crippen LogP contribution in [-0.2, 0) is 6.18 Å². The van der Waals surface area contributed by atoms with Gasteiger partial charge in [-0.05, 0) is 52.7 Å². The molecule has 2 rings (SSSR count). The summed E-state index contributed by atoms with van der Waals surface area (Å²) in [6.45, 7) is 1.89. The van der Waals surface area contributed by atoms with Crippen LogP contribution >= 0.6 is 27.5 Å². The van der Waals surface area contributed by atoms with Gasteiger partial charge >= 0.3 is 6.18 Å². The molecule has 2 aromatic carbocycles. The standard InChI is InChI=1S/C15H12BrClF3N/c1-9(11-4-2-3-5-13(11)17)21-14-7-6-10(8-12(14)16)15(18,19)20/h2-9,21H,1H3. The quantitative estimate of drug-likeness (QED) is 0.661. The van der Waals surface area contributed by atoms with E-state index < -0.39 is 11.7 Å². The predicted octanol–water partition coefficient (Wildman–Crippen LogP) is 6.29. The lowest BCUT2D eigenvalue weighted by Crippen LogP contribution is -2.09. The molecular formula is C15H12BrClF3N. The van der Waals surface area contributed by atoms with Crippen LogP contribution in [0.1, 0.15) is 24.1 Å². The highest BCUT2D eigenvalue weighted by Gasteiger charge is 2.30. The van der Waals surface area contributed by atoms with Crippen LogP contribution in [0.25, 0.3) is 0 Å². The van der Waals surface area contributed by atoms with E-state index in [1.54, 1.807) is 6.07 Å². The third-order valence-corrected chi connectivity index (χ3v) is 4.04. The fourth-order valence-corrected chi connectivity index (χ4v) is 2.74. The Hall–Kier alpha value is -1.20. The summed E-state index contributed by atoms with van der Waals surface area (Å²) in [4.78, 5) is 0. The first-order chi connectivity index (χ1) is 9.79. The van der Waals surface area contributed by atoms with Gasteiger partial charge in [-0.25, -0.2) is 0 Å². The van der Waals surface area contributed by atoms with Crippen molar-refractivity contribution in [3.8, 4) is 0 Å². The minimum absolute atomic E-state index is 0.133. The van der Waals surface area contributed by atoms with Crippen LogP contribution in [0, 0.1) is 0 Å². The van der Waals surface area contributed by atoms with Crippen LogP contribution < -0.4 is 5.32 Å². The van der Waals surface area contributed by atoms with Gasteiger partial charge in [-0.2, -0.15) is 13.2 Å². The molecule has 0 aliphatic rings. The SMILES string of the molecule is CC(Nc1ccc(C(F)(F)F)cc1Br)c1ccccc1Cl. The fourth-order valence-electron chi connectivity index (χ4n) is 1.95. The molecule has 0 spiro atoms. The maximum atomic E-state index is 12.6. The van der Waals surface area contributed by atoms with E-state index in [0.717, 1.165) is 17.7 Å². The number of rotatable bonds is 3. The average Bonchev–Trinajstić information content (AvgIpc) is 2.40.